The molecule has 1 saturated carbocycles. The van der Waals surface area contributed by atoms with Crippen molar-refractivity contribution in [3.8, 4) is 0 Å². The van der Waals surface area contributed by atoms with Crippen LogP contribution in [0.2, 0.25) is 10.0 Å². The van der Waals surface area contributed by atoms with Gasteiger partial charge in [0, 0.05) is 19.1 Å². The van der Waals surface area contributed by atoms with E-state index < -0.39 is 5.60 Å². The highest BCUT2D eigenvalue weighted by atomic mass is 35.5. The predicted octanol–water partition coefficient (Wildman–Crippen LogP) is 5.00. The highest BCUT2D eigenvalue weighted by Crippen LogP contribution is 2.34. The summed E-state index contributed by atoms with van der Waals surface area (Å²) in [6.45, 7) is 6.62. The van der Waals surface area contributed by atoms with Crippen LogP contribution in [0, 0.1) is 0 Å². The Morgan fingerprint density at radius 2 is 1.85 bits per heavy atom. The minimum atomic E-state index is -0.535. The van der Waals surface area contributed by atoms with E-state index in [2.05, 4.69) is 0 Å². The lowest BCUT2D eigenvalue weighted by Crippen LogP contribution is -2.51. The molecular formula is C20H26Cl2N2O3. The van der Waals surface area contributed by atoms with Crippen LogP contribution in [0.3, 0.4) is 0 Å². The first kappa shape index (κ1) is 20.3. The molecule has 1 aromatic carbocycles. The van der Waals surface area contributed by atoms with E-state index in [0.29, 0.717) is 23.7 Å². The van der Waals surface area contributed by atoms with Crippen molar-refractivity contribution in [3.63, 3.8) is 0 Å². The standard InChI is InChI=1S/C20H26Cl2N2O3/c1-20(2,3)27-19(26)23-11-10-14(12-23)24(13-6-4-7-13)18(25)15-8-5-9-16(21)17(15)22/h5,8-9,13-14H,4,6-7,10-12H2,1-3H3/t14-/m0/s1. The number of nitrogens with zero attached hydrogens (tertiary/aromatic N) is 2. The molecule has 27 heavy (non-hydrogen) atoms. The number of hydrogen-bond acceptors (Lipinski definition) is 3. The summed E-state index contributed by atoms with van der Waals surface area (Å²) in [5.41, 5.74) is -0.112. The molecule has 2 amide bonds. The summed E-state index contributed by atoms with van der Waals surface area (Å²) in [6, 6.07) is 5.28. The average molecular weight is 413 g/mol. The highest BCUT2D eigenvalue weighted by molar-refractivity contribution is 6.43. The number of halogens is 2. The van der Waals surface area contributed by atoms with E-state index in [-0.39, 0.29) is 29.1 Å². The Balaban J connectivity index is 1.77. The van der Waals surface area contributed by atoms with E-state index in [1.807, 2.05) is 25.7 Å². The van der Waals surface area contributed by atoms with Crippen molar-refractivity contribution in [1.29, 1.82) is 0 Å². The van der Waals surface area contributed by atoms with Gasteiger partial charge in [0.1, 0.15) is 5.60 Å². The zero-order valence-corrected chi connectivity index (χ0v) is 17.5. The molecule has 148 valence electrons. The lowest BCUT2D eigenvalue weighted by molar-refractivity contribution is 0.0244. The Morgan fingerprint density at radius 1 is 1.15 bits per heavy atom. The summed E-state index contributed by atoms with van der Waals surface area (Å²) in [7, 11) is 0. The van der Waals surface area contributed by atoms with Crippen molar-refractivity contribution in [1.82, 2.24) is 9.80 Å². The molecule has 1 aliphatic heterocycles. The molecule has 0 spiro atoms. The zero-order chi connectivity index (χ0) is 19.8. The Hall–Kier alpha value is -1.46. The third-order valence-corrected chi connectivity index (χ3v) is 5.91. The molecule has 0 aromatic heterocycles. The van der Waals surface area contributed by atoms with Crippen LogP contribution in [0.1, 0.15) is 56.8 Å². The van der Waals surface area contributed by atoms with E-state index in [9.17, 15) is 9.59 Å². The van der Waals surface area contributed by atoms with Crippen molar-refractivity contribution in [2.75, 3.05) is 13.1 Å². The van der Waals surface area contributed by atoms with Gasteiger partial charge in [0.15, 0.2) is 0 Å². The Labute approximate surface area is 170 Å². The molecule has 2 aliphatic rings. The van der Waals surface area contributed by atoms with Crippen LogP contribution >= 0.6 is 23.2 Å². The largest absolute Gasteiger partial charge is 0.444 e. The van der Waals surface area contributed by atoms with Crippen LogP contribution in [0.15, 0.2) is 18.2 Å². The molecular weight excluding hydrogens is 387 g/mol. The monoisotopic (exact) mass is 412 g/mol. The van der Waals surface area contributed by atoms with Crippen LogP contribution in [0.25, 0.3) is 0 Å². The van der Waals surface area contributed by atoms with Gasteiger partial charge in [0.25, 0.3) is 5.91 Å². The van der Waals surface area contributed by atoms with Gasteiger partial charge in [0.2, 0.25) is 0 Å². The topological polar surface area (TPSA) is 49.9 Å². The van der Waals surface area contributed by atoms with E-state index in [1.165, 1.54) is 0 Å². The van der Waals surface area contributed by atoms with Gasteiger partial charge in [-0.2, -0.15) is 0 Å². The van der Waals surface area contributed by atoms with Gasteiger partial charge in [-0.1, -0.05) is 29.3 Å². The number of rotatable bonds is 3. The van der Waals surface area contributed by atoms with Crippen molar-refractivity contribution in [2.45, 2.75) is 64.1 Å². The van der Waals surface area contributed by atoms with E-state index >= 15 is 0 Å². The second-order valence-corrected chi connectivity index (χ2v) is 9.05. The fourth-order valence-electron chi connectivity index (χ4n) is 3.56. The van der Waals surface area contributed by atoms with Gasteiger partial charge in [-0.25, -0.2) is 4.79 Å². The SMILES string of the molecule is CC(C)(C)OC(=O)N1CC[C@H](N(C(=O)c2cccc(Cl)c2Cl)C2CCC2)C1. The molecule has 0 radical (unpaired) electrons. The normalized spacial score (nSPS) is 20.3. The first-order valence-electron chi connectivity index (χ1n) is 9.42. The lowest BCUT2D eigenvalue weighted by atomic mass is 9.89. The molecule has 0 N–H and O–H groups in total. The van der Waals surface area contributed by atoms with Crippen molar-refractivity contribution >= 4 is 35.2 Å². The number of benzene rings is 1. The molecule has 0 bridgehead atoms. The zero-order valence-electron chi connectivity index (χ0n) is 16.0. The van der Waals surface area contributed by atoms with Gasteiger partial charge in [-0.3, -0.25) is 4.79 Å². The van der Waals surface area contributed by atoms with Crippen molar-refractivity contribution in [3.05, 3.63) is 33.8 Å². The summed E-state index contributed by atoms with van der Waals surface area (Å²) in [5, 5.41) is 0.661. The molecule has 5 nitrogen and oxygen atoms in total. The molecule has 7 heteroatoms. The number of amides is 2. The first-order valence-corrected chi connectivity index (χ1v) is 10.2. The molecule has 0 unspecified atom stereocenters. The number of likely N-dealkylation sites (tertiary alicyclic amines) is 1. The Kier molecular flexibility index (Phi) is 5.92. The fraction of sp³-hybridized carbons (Fsp3) is 0.600. The smallest absolute Gasteiger partial charge is 0.410 e. The number of ether oxygens (including phenoxy) is 1. The molecule has 2 fully saturated rings. The Bertz CT molecular complexity index is 728. The minimum absolute atomic E-state index is 0.0367. The van der Waals surface area contributed by atoms with Gasteiger partial charge >= 0.3 is 6.09 Å². The third-order valence-electron chi connectivity index (χ3n) is 5.09. The van der Waals surface area contributed by atoms with Crippen molar-refractivity contribution < 1.29 is 14.3 Å². The van der Waals surface area contributed by atoms with Gasteiger partial charge in [-0.15, -0.1) is 0 Å². The summed E-state index contributed by atoms with van der Waals surface area (Å²) in [6.07, 6.45) is 3.48. The van der Waals surface area contributed by atoms with Crippen molar-refractivity contribution in [2.24, 2.45) is 0 Å². The number of hydrogen-bond donors (Lipinski definition) is 0. The minimum Gasteiger partial charge on any atom is -0.444 e. The maximum atomic E-state index is 13.3. The summed E-state index contributed by atoms with van der Waals surface area (Å²) in [4.78, 5) is 29.3. The van der Waals surface area contributed by atoms with E-state index in [1.54, 1.807) is 23.1 Å². The maximum Gasteiger partial charge on any atom is 0.410 e. The second kappa shape index (κ2) is 7.88. The second-order valence-electron chi connectivity index (χ2n) is 8.27. The number of carbonyl (C=O) groups is 2. The summed E-state index contributed by atoms with van der Waals surface area (Å²) >= 11 is 12.4. The highest BCUT2D eigenvalue weighted by Gasteiger charge is 2.40. The lowest BCUT2D eigenvalue weighted by Gasteiger charge is -2.41. The van der Waals surface area contributed by atoms with Gasteiger partial charge in [0.05, 0.1) is 21.7 Å². The quantitative estimate of drug-likeness (QED) is 0.701. The third kappa shape index (κ3) is 4.52. The fourth-order valence-corrected chi connectivity index (χ4v) is 3.95. The van der Waals surface area contributed by atoms with Crippen LogP contribution in [-0.4, -0.2) is 52.6 Å². The predicted molar refractivity (Wildman–Crippen MR) is 106 cm³/mol. The van der Waals surface area contributed by atoms with Gasteiger partial charge < -0.3 is 14.5 Å². The van der Waals surface area contributed by atoms with Crippen LogP contribution < -0.4 is 0 Å². The number of carbonyl (C=O) groups excluding carboxylic acids is 2. The maximum absolute atomic E-state index is 13.3. The van der Waals surface area contributed by atoms with Crippen LogP contribution in [-0.2, 0) is 4.74 Å². The molecule has 1 aliphatic carbocycles. The molecule has 1 saturated heterocycles. The van der Waals surface area contributed by atoms with E-state index in [4.69, 9.17) is 27.9 Å². The first-order chi connectivity index (χ1) is 12.7. The van der Waals surface area contributed by atoms with Crippen LogP contribution in [0.4, 0.5) is 4.79 Å². The van der Waals surface area contributed by atoms with Crippen LogP contribution in [0.5, 0.6) is 0 Å². The summed E-state index contributed by atoms with van der Waals surface area (Å²) < 4.78 is 5.48. The van der Waals surface area contributed by atoms with E-state index in [0.717, 1.165) is 25.7 Å². The molecule has 1 atom stereocenters. The molecule has 1 aromatic rings. The summed E-state index contributed by atoms with van der Waals surface area (Å²) in [5.74, 6) is -0.108. The molecule has 1 heterocycles. The molecule has 3 rings (SSSR count). The Morgan fingerprint density at radius 3 is 2.44 bits per heavy atom. The van der Waals surface area contributed by atoms with Gasteiger partial charge in [-0.05, 0) is 58.6 Å². The average Bonchev–Trinajstić information content (AvgIpc) is 3.01.